The van der Waals surface area contributed by atoms with Gasteiger partial charge in [0.2, 0.25) is 0 Å². The number of aliphatic hydroxyl groups excluding tert-OH is 1. The van der Waals surface area contributed by atoms with Gasteiger partial charge in [-0.15, -0.1) is 0 Å². The molecule has 12 heteroatoms. The first-order valence-electron chi connectivity index (χ1n) is 24.6. The summed E-state index contributed by atoms with van der Waals surface area (Å²) in [7, 11) is -4.72. The summed E-state index contributed by atoms with van der Waals surface area (Å²) in [6, 6.07) is 0. The first-order chi connectivity index (χ1) is 29.2. The van der Waals surface area contributed by atoms with Gasteiger partial charge in [0.15, 0.2) is 6.10 Å². The topological polar surface area (TPSA) is 155 Å². The normalized spacial score (nSPS) is 13.6. The summed E-state index contributed by atoms with van der Waals surface area (Å²) in [5.74, 6) is -1.46. The SMILES string of the molecule is CCCCCCCC/C=C\CCCCCCCC(=O)OCC(COP(=O)(O)OCC(CO)OC(=O)CCCCCCCCCCC)OC(=O)CCCCCCCCCCC. The number of esters is 3. The molecule has 60 heavy (non-hydrogen) atoms. The van der Waals surface area contributed by atoms with E-state index in [4.69, 9.17) is 23.3 Å². The fourth-order valence-electron chi connectivity index (χ4n) is 6.88. The van der Waals surface area contributed by atoms with E-state index in [9.17, 15) is 28.9 Å². The minimum absolute atomic E-state index is 0.172. The van der Waals surface area contributed by atoms with E-state index in [0.29, 0.717) is 19.3 Å². The van der Waals surface area contributed by atoms with E-state index in [1.54, 1.807) is 0 Å². The summed E-state index contributed by atoms with van der Waals surface area (Å²) in [6.45, 7) is 4.58. The van der Waals surface area contributed by atoms with E-state index in [1.807, 2.05) is 0 Å². The third-order valence-electron chi connectivity index (χ3n) is 10.7. The summed E-state index contributed by atoms with van der Waals surface area (Å²) in [5, 5.41) is 9.71. The number of unbranched alkanes of at least 4 members (excludes halogenated alkanes) is 27. The highest BCUT2D eigenvalue weighted by Crippen LogP contribution is 2.43. The number of hydrogen-bond acceptors (Lipinski definition) is 10. The maximum atomic E-state index is 12.8. The molecule has 0 amide bonds. The molecule has 0 saturated carbocycles. The first kappa shape index (κ1) is 58.2. The molecule has 0 bridgehead atoms. The maximum absolute atomic E-state index is 12.8. The van der Waals surface area contributed by atoms with Crippen molar-refractivity contribution in [3.63, 3.8) is 0 Å². The summed E-state index contributed by atoms with van der Waals surface area (Å²) < 4.78 is 39.1. The molecule has 0 aliphatic heterocycles. The standard InChI is InChI=1S/C48H91O11P/c1-4-7-10-13-16-19-20-21-22-23-24-27-28-31-34-37-46(50)55-41-45(59-48(52)39-36-33-30-26-18-15-12-9-6-3)43-57-60(53,54)56-42-44(40-49)58-47(51)38-35-32-29-25-17-14-11-8-5-2/h21-22,44-45,49H,4-20,23-43H2,1-3H3,(H,53,54)/b22-21-. The zero-order valence-electron chi connectivity index (χ0n) is 38.7. The highest BCUT2D eigenvalue weighted by atomic mass is 31.2. The Balaban J connectivity index is 4.69. The molecule has 0 aliphatic carbocycles. The Kier molecular flexibility index (Phi) is 42.6. The van der Waals surface area contributed by atoms with Crippen molar-refractivity contribution in [1.82, 2.24) is 0 Å². The number of carbonyl (C=O) groups excluding carboxylic acids is 3. The number of carbonyl (C=O) groups is 3. The predicted molar refractivity (Wildman–Crippen MR) is 243 cm³/mol. The molecule has 0 fully saturated rings. The van der Waals surface area contributed by atoms with Crippen LogP contribution in [0.4, 0.5) is 0 Å². The van der Waals surface area contributed by atoms with Crippen LogP contribution in [0.1, 0.15) is 239 Å². The molecule has 2 N–H and O–H groups in total. The summed E-state index contributed by atoms with van der Waals surface area (Å²) in [6.07, 6.45) is 37.7. The highest BCUT2D eigenvalue weighted by molar-refractivity contribution is 7.47. The Morgan fingerprint density at radius 3 is 1.15 bits per heavy atom. The van der Waals surface area contributed by atoms with Gasteiger partial charge in [-0.05, 0) is 44.9 Å². The first-order valence-corrected chi connectivity index (χ1v) is 26.1. The van der Waals surface area contributed by atoms with E-state index in [1.165, 1.54) is 103 Å². The van der Waals surface area contributed by atoms with Crippen LogP contribution in [-0.4, -0.2) is 66.5 Å². The summed E-state index contributed by atoms with van der Waals surface area (Å²) in [5.41, 5.74) is 0. The van der Waals surface area contributed by atoms with Crippen LogP contribution >= 0.6 is 7.82 Å². The summed E-state index contributed by atoms with van der Waals surface area (Å²) in [4.78, 5) is 48.0. The Hall–Kier alpha value is -1.78. The molecule has 354 valence electrons. The van der Waals surface area contributed by atoms with Gasteiger partial charge in [-0.25, -0.2) is 4.57 Å². The smallest absolute Gasteiger partial charge is 0.462 e. The van der Waals surface area contributed by atoms with Crippen LogP contribution in [-0.2, 0) is 42.2 Å². The van der Waals surface area contributed by atoms with Crippen molar-refractivity contribution in [3.8, 4) is 0 Å². The molecule has 0 saturated heterocycles. The molecule has 0 heterocycles. The lowest BCUT2D eigenvalue weighted by molar-refractivity contribution is -0.161. The van der Waals surface area contributed by atoms with Crippen molar-refractivity contribution >= 4 is 25.7 Å². The van der Waals surface area contributed by atoms with Crippen molar-refractivity contribution in [2.75, 3.05) is 26.4 Å². The minimum atomic E-state index is -4.72. The molecule has 0 radical (unpaired) electrons. The third kappa shape index (κ3) is 41.6. The summed E-state index contributed by atoms with van der Waals surface area (Å²) >= 11 is 0. The van der Waals surface area contributed by atoms with E-state index in [2.05, 4.69) is 32.9 Å². The number of hydrogen-bond donors (Lipinski definition) is 2. The minimum Gasteiger partial charge on any atom is -0.462 e. The van der Waals surface area contributed by atoms with Gasteiger partial charge in [-0.2, -0.15) is 0 Å². The molecule has 11 nitrogen and oxygen atoms in total. The van der Waals surface area contributed by atoms with Gasteiger partial charge in [0.25, 0.3) is 0 Å². The molecular formula is C48H91O11P. The maximum Gasteiger partial charge on any atom is 0.472 e. The van der Waals surface area contributed by atoms with Gasteiger partial charge in [0, 0.05) is 19.3 Å². The van der Waals surface area contributed by atoms with Gasteiger partial charge in [-0.3, -0.25) is 23.4 Å². The monoisotopic (exact) mass is 875 g/mol. The predicted octanol–water partition coefficient (Wildman–Crippen LogP) is 13.4. The van der Waals surface area contributed by atoms with Crippen LogP contribution in [0.25, 0.3) is 0 Å². The quantitative estimate of drug-likeness (QED) is 0.0197. The van der Waals surface area contributed by atoms with Crippen LogP contribution in [0.15, 0.2) is 12.2 Å². The van der Waals surface area contributed by atoms with Crippen LogP contribution in [0, 0.1) is 0 Å². The van der Waals surface area contributed by atoms with E-state index < -0.39 is 57.8 Å². The largest absolute Gasteiger partial charge is 0.472 e. The molecule has 0 spiro atoms. The van der Waals surface area contributed by atoms with Crippen LogP contribution in [0.5, 0.6) is 0 Å². The van der Waals surface area contributed by atoms with Gasteiger partial charge in [-0.1, -0.05) is 187 Å². The number of aliphatic hydroxyl groups is 1. The Bertz CT molecular complexity index is 1070. The van der Waals surface area contributed by atoms with Crippen molar-refractivity contribution in [2.24, 2.45) is 0 Å². The van der Waals surface area contributed by atoms with Gasteiger partial charge >= 0.3 is 25.7 Å². The highest BCUT2D eigenvalue weighted by Gasteiger charge is 2.28. The Labute approximate surface area is 366 Å². The molecular weight excluding hydrogens is 783 g/mol. The molecule has 0 aromatic rings. The van der Waals surface area contributed by atoms with Crippen LogP contribution < -0.4 is 0 Å². The average molecular weight is 875 g/mol. The number of ether oxygens (including phenoxy) is 3. The fourth-order valence-corrected chi connectivity index (χ4v) is 7.66. The molecule has 0 aromatic heterocycles. The number of allylic oxidation sites excluding steroid dienone is 2. The number of rotatable bonds is 46. The van der Waals surface area contributed by atoms with Gasteiger partial charge < -0.3 is 24.2 Å². The molecule has 3 unspecified atom stereocenters. The van der Waals surface area contributed by atoms with Crippen molar-refractivity contribution in [3.05, 3.63) is 12.2 Å². The molecule has 0 rings (SSSR count). The average Bonchev–Trinajstić information content (AvgIpc) is 3.23. The Morgan fingerprint density at radius 1 is 0.450 bits per heavy atom. The molecule has 0 aliphatic rings. The van der Waals surface area contributed by atoms with E-state index >= 15 is 0 Å². The Morgan fingerprint density at radius 2 is 0.767 bits per heavy atom. The lowest BCUT2D eigenvalue weighted by Gasteiger charge is -2.21. The second-order valence-corrected chi connectivity index (χ2v) is 18.1. The van der Waals surface area contributed by atoms with E-state index in [0.717, 1.165) is 77.0 Å². The third-order valence-corrected chi connectivity index (χ3v) is 11.6. The fraction of sp³-hybridized carbons (Fsp3) is 0.896. The molecule has 0 aromatic carbocycles. The second-order valence-electron chi connectivity index (χ2n) is 16.6. The number of phosphoric acid groups is 1. The van der Waals surface area contributed by atoms with Crippen LogP contribution in [0.2, 0.25) is 0 Å². The van der Waals surface area contributed by atoms with Crippen molar-refractivity contribution in [2.45, 2.75) is 251 Å². The second kappa shape index (κ2) is 43.9. The zero-order chi connectivity index (χ0) is 44.2. The van der Waals surface area contributed by atoms with E-state index in [-0.39, 0.29) is 25.9 Å². The van der Waals surface area contributed by atoms with Crippen LogP contribution in [0.3, 0.4) is 0 Å². The number of phosphoric ester groups is 1. The zero-order valence-corrected chi connectivity index (χ0v) is 39.6. The molecule has 3 atom stereocenters. The lowest BCUT2D eigenvalue weighted by atomic mass is 10.1. The van der Waals surface area contributed by atoms with Gasteiger partial charge in [0.1, 0.15) is 12.7 Å². The van der Waals surface area contributed by atoms with Crippen molar-refractivity contribution < 1.29 is 52.2 Å². The van der Waals surface area contributed by atoms with Crippen molar-refractivity contribution in [1.29, 1.82) is 0 Å². The lowest BCUT2D eigenvalue weighted by Crippen LogP contribution is -2.30. The van der Waals surface area contributed by atoms with Gasteiger partial charge in [0.05, 0.1) is 19.8 Å².